The summed E-state index contributed by atoms with van der Waals surface area (Å²) in [6.07, 6.45) is 0. The van der Waals surface area contributed by atoms with Crippen molar-refractivity contribution in [3.8, 4) is 0 Å². The van der Waals surface area contributed by atoms with Gasteiger partial charge in [0.1, 0.15) is 0 Å². The van der Waals surface area contributed by atoms with Gasteiger partial charge < -0.3 is 0 Å². The zero-order valence-corrected chi connectivity index (χ0v) is 31.8. The molecule has 0 spiro atoms. The van der Waals surface area contributed by atoms with E-state index in [0.29, 0.717) is 0 Å². The Hall–Kier alpha value is 2.10. The molecule has 28 heavy (non-hydrogen) atoms. The fraction of sp³-hybridized carbons (Fsp3) is 1.00. The summed E-state index contributed by atoms with van der Waals surface area (Å²) in [5.74, 6) is 0. The van der Waals surface area contributed by atoms with E-state index in [4.69, 9.17) is 0 Å². The molecule has 1 fully saturated rings. The molecule has 0 atom stereocenters. The molecule has 1 saturated heterocycles. The quantitative estimate of drug-likeness (QED) is 0.286. The minimum atomic E-state index is -1.84. The molecule has 0 aromatic rings. The van der Waals surface area contributed by atoms with Crippen molar-refractivity contribution in [2.24, 2.45) is 0 Å². The topological polar surface area (TPSA) is 0 Å². The van der Waals surface area contributed by atoms with Gasteiger partial charge in [-0.15, -0.1) is 0 Å². The Kier molecular flexibility index (Phi) is 7.60. The predicted molar refractivity (Wildman–Crippen MR) is 155 cm³/mol. The van der Waals surface area contributed by atoms with Crippen molar-refractivity contribution in [3.63, 3.8) is 0 Å². The molecule has 0 unspecified atom stereocenters. The van der Waals surface area contributed by atoms with Gasteiger partial charge in [0.15, 0.2) is 0 Å². The Morgan fingerprint density at radius 3 is 0.821 bits per heavy atom. The van der Waals surface area contributed by atoms with Crippen LogP contribution in [0.3, 0.4) is 0 Å². The van der Waals surface area contributed by atoms with Gasteiger partial charge in [-0.2, -0.15) is 0 Å². The molecule has 7 heteroatoms. The summed E-state index contributed by atoms with van der Waals surface area (Å²) in [6, 6.07) is 3.32. The molecule has 1 rings (SSSR count). The molecule has 1 aliphatic rings. The van der Waals surface area contributed by atoms with E-state index in [1.54, 1.807) is 12.1 Å². The van der Waals surface area contributed by atoms with Gasteiger partial charge in [-0.3, -0.25) is 0 Å². The zero-order valence-electron chi connectivity index (χ0n) is 22.9. The molecular weight excluding hydrogens is 539 g/mol. The fourth-order valence-corrected chi connectivity index (χ4v) is 150. The van der Waals surface area contributed by atoms with Crippen molar-refractivity contribution in [2.45, 2.75) is 126 Å². The van der Waals surface area contributed by atoms with Crippen LogP contribution in [0, 0.1) is 0 Å². The number of hydrogen-bond acceptors (Lipinski definition) is 0. The van der Waals surface area contributed by atoms with Crippen molar-refractivity contribution < 1.29 is 0 Å². The van der Waals surface area contributed by atoms with Gasteiger partial charge in [0.2, 0.25) is 0 Å². The van der Waals surface area contributed by atoms with Gasteiger partial charge in [0.25, 0.3) is 0 Å². The van der Waals surface area contributed by atoms with Crippen LogP contribution in [0.1, 0.15) is 0 Å². The van der Waals surface area contributed by atoms with Crippen LogP contribution in [0.2, 0.25) is 126 Å². The second-order valence-corrected chi connectivity index (χ2v) is 65.8. The molecule has 0 aromatic carbocycles. The molecule has 0 aromatic heterocycles. The van der Waals surface area contributed by atoms with Crippen molar-refractivity contribution in [2.75, 3.05) is 0 Å². The Morgan fingerprint density at radius 2 is 0.679 bits per heavy atom. The Morgan fingerprint density at radius 1 is 0.500 bits per heavy atom. The van der Waals surface area contributed by atoms with Crippen LogP contribution in [0.5, 0.6) is 0 Å². The van der Waals surface area contributed by atoms with Gasteiger partial charge in [-0.25, -0.2) is 0 Å². The summed E-state index contributed by atoms with van der Waals surface area (Å²) in [5.41, 5.74) is 0. The summed E-state index contributed by atoms with van der Waals surface area (Å²) in [6.45, 7) is 45.7. The van der Waals surface area contributed by atoms with E-state index in [1.165, 1.54) is 0 Å². The van der Waals surface area contributed by atoms with Gasteiger partial charge in [-0.05, 0) is 0 Å². The third-order valence-corrected chi connectivity index (χ3v) is 111. The van der Waals surface area contributed by atoms with Gasteiger partial charge in [0, 0.05) is 0 Å². The molecule has 0 nitrogen and oxygen atoms in total. The number of rotatable bonds is 4. The van der Waals surface area contributed by atoms with Crippen molar-refractivity contribution in [1.29, 1.82) is 0 Å². The molecule has 0 aliphatic carbocycles. The summed E-state index contributed by atoms with van der Waals surface area (Å²) in [5, 5.41) is 0. The normalized spacial score (nSPS) is 26.0. The molecule has 1 aliphatic heterocycles. The first-order valence-corrected chi connectivity index (χ1v) is 37.8. The van der Waals surface area contributed by atoms with Crippen LogP contribution in [-0.4, -0.2) is 68.2 Å². The van der Waals surface area contributed by atoms with E-state index >= 15 is 0 Å². The van der Waals surface area contributed by atoms with Crippen LogP contribution >= 0.6 is 0 Å². The summed E-state index contributed by atoms with van der Waals surface area (Å²) in [4.78, 5) is 3.06. The molecular formula is C21H55Si6Sn. The first kappa shape index (κ1) is 28.1. The van der Waals surface area contributed by atoms with Crippen LogP contribution in [0.4, 0.5) is 0 Å². The average molecular weight is 595 g/mol. The van der Waals surface area contributed by atoms with E-state index in [-0.39, 0.29) is 0 Å². The van der Waals surface area contributed by atoms with Crippen LogP contribution in [0.15, 0.2) is 0 Å². The standard InChI is InChI=1S/C20H52Si6.CH3.Sn/c1-21(2,3)19(22(4,5)6)25(13,14)17-18-26(15,16)20(23(7,8)9)24(10,11)12;;/h17-18H2,1-16H3;1H3;. The van der Waals surface area contributed by atoms with Crippen molar-refractivity contribution in [3.05, 3.63) is 0 Å². The van der Waals surface area contributed by atoms with Crippen molar-refractivity contribution in [1.82, 2.24) is 0 Å². The molecule has 0 N–H and O–H groups in total. The monoisotopic (exact) mass is 595 g/mol. The van der Waals surface area contributed by atoms with Gasteiger partial charge in [-0.1, -0.05) is 0 Å². The SMILES string of the molecule is [CH3][Sn]1[C]([Si](C)(C)C)([Si](C)(C)C)[Si](C)(C)CC[Si](C)(C)[C]1([Si](C)(C)C)[Si](C)(C)C. The van der Waals surface area contributed by atoms with Gasteiger partial charge in [0.05, 0.1) is 0 Å². The third kappa shape index (κ3) is 3.66. The second-order valence-electron chi connectivity index (χ2n) is 15.4. The van der Waals surface area contributed by atoms with E-state index in [9.17, 15) is 0 Å². The zero-order chi connectivity index (χ0) is 23.0. The summed E-state index contributed by atoms with van der Waals surface area (Å²) < 4.78 is 1.83. The average Bonchev–Trinajstić information content (AvgIpc) is 2.34. The summed E-state index contributed by atoms with van der Waals surface area (Å²) >= 11 is -1.84. The van der Waals surface area contributed by atoms with E-state index < -0.39 is 68.2 Å². The molecule has 0 bridgehead atoms. The first-order chi connectivity index (χ1) is 11.9. The molecule has 1 radical (unpaired) electrons. The predicted octanol–water partition coefficient (Wildman–Crippen LogP) is 8.61. The minimum absolute atomic E-state index is 0.913. The second kappa shape index (κ2) is 7.57. The number of hydrogen-bond donors (Lipinski definition) is 0. The maximum atomic E-state index is 3.06. The maximum absolute atomic E-state index is 3.06. The molecule has 1 heterocycles. The van der Waals surface area contributed by atoms with Crippen molar-refractivity contribution >= 4 is 68.2 Å². The van der Waals surface area contributed by atoms with E-state index in [0.717, 1.165) is 4.60 Å². The van der Waals surface area contributed by atoms with E-state index in [1.807, 2.05) is 0 Å². The fourth-order valence-electron chi connectivity index (χ4n) is 10.9. The summed E-state index contributed by atoms with van der Waals surface area (Å²) in [7, 11) is -7.82. The molecule has 0 saturated carbocycles. The third-order valence-electron chi connectivity index (χ3n) is 9.03. The van der Waals surface area contributed by atoms with Crippen LogP contribution in [0.25, 0.3) is 0 Å². The Labute approximate surface area is 193 Å². The van der Waals surface area contributed by atoms with E-state index in [2.05, 4.69) is 110 Å². The van der Waals surface area contributed by atoms with Crippen LogP contribution in [-0.2, 0) is 0 Å². The Balaban J connectivity index is 4.33. The van der Waals surface area contributed by atoms with Gasteiger partial charge >= 0.3 is 195 Å². The molecule has 167 valence electrons. The van der Waals surface area contributed by atoms with Crippen LogP contribution < -0.4 is 0 Å². The molecule has 0 amide bonds. The first-order valence-electron chi connectivity index (χ1n) is 11.7. The Bertz CT molecular complexity index is 504.